The number of hydrogen-bond acceptors (Lipinski definition) is 3. The largest absolute Gasteiger partial charge is 0.459 e. The van der Waals surface area contributed by atoms with Crippen LogP contribution in [0.3, 0.4) is 0 Å². The molecule has 2 heterocycles. The third-order valence-corrected chi connectivity index (χ3v) is 4.64. The highest BCUT2D eigenvalue weighted by Gasteiger charge is 2.20. The summed E-state index contributed by atoms with van der Waals surface area (Å²) in [6.45, 7) is 2.70. The van der Waals surface area contributed by atoms with Crippen molar-refractivity contribution in [2.75, 3.05) is 13.6 Å². The summed E-state index contributed by atoms with van der Waals surface area (Å²) in [5, 5.41) is 3.74. The maximum absolute atomic E-state index is 13.0. The summed E-state index contributed by atoms with van der Waals surface area (Å²) in [4.78, 5) is 27.1. The lowest BCUT2D eigenvalue weighted by molar-refractivity contribution is -0.126. The molecule has 2 aromatic heterocycles. The van der Waals surface area contributed by atoms with Crippen molar-refractivity contribution in [1.82, 2.24) is 14.8 Å². The van der Waals surface area contributed by atoms with Crippen molar-refractivity contribution in [3.63, 3.8) is 0 Å². The zero-order valence-corrected chi connectivity index (χ0v) is 16.4. The SMILES string of the molecule is CCCCN(C)C(=O)C(=Cc1cn(C)c2ccccc12)NC(=O)c1ccco1. The molecule has 0 saturated carbocycles. The van der Waals surface area contributed by atoms with Crippen molar-refractivity contribution in [3.8, 4) is 0 Å². The van der Waals surface area contributed by atoms with Crippen molar-refractivity contribution < 1.29 is 14.0 Å². The number of unbranched alkanes of at least 4 members (excludes halogenated alkanes) is 1. The van der Waals surface area contributed by atoms with Crippen LogP contribution in [-0.4, -0.2) is 34.9 Å². The van der Waals surface area contributed by atoms with Crippen LogP contribution < -0.4 is 5.32 Å². The molecule has 28 heavy (non-hydrogen) atoms. The first kappa shape index (κ1) is 19.5. The number of carbonyl (C=O) groups is 2. The molecule has 3 aromatic rings. The predicted molar refractivity (Wildman–Crippen MR) is 110 cm³/mol. The van der Waals surface area contributed by atoms with Crippen LogP contribution in [0.5, 0.6) is 0 Å². The van der Waals surface area contributed by atoms with Crippen molar-refractivity contribution in [3.05, 3.63) is 65.9 Å². The number of aryl methyl sites for hydroxylation is 1. The van der Waals surface area contributed by atoms with Gasteiger partial charge in [-0.05, 0) is 30.7 Å². The second-order valence-corrected chi connectivity index (χ2v) is 6.78. The van der Waals surface area contributed by atoms with Gasteiger partial charge in [0.05, 0.1) is 6.26 Å². The lowest BCUT2D eigenvalue weighted by Gasteiger charge is -2.19. The van der Waals surface area contributed by atoms with Crippen LogP contribution in [0.2, 0.25) is 0 Å². The number of carbonyl (C=O) groups excluding carboxylic acids is 2. The van der Waals surface area contributed by atoms with Crippen LogP contribution in [0.1, 0.15) is 35.9 Å². The minimum absolute atomic E-state index is 0.160. The van der Waals surface area contributed by atoms with Gasteiger partial charge in [0.25, 0.3) is 11.8 Å². The molecular formula is C22H25N3O3. The number of rotatable bonds is 7. The number of hydrogen-bond donors (Lipinski definition) is 1. The van der Waals surface area contributed by atoms with E-state index < -0.39 is 5.91 Å². The molecule has 0 unspecified atom stereocenters. The normalized spacial score (nSPS) is 11.6. The van der Waals surface area contributed by atoms with Crippen LogP contribution in [0.15, 0.2) is 59.0 Å². The van der Waals surface area contributed by atoms with Crippen molar-refractivity contribution >= 4 is 28.8 Å². The number of amides is 2. The van der Waals surface area contributed by atoms with E-state index in [1.165, 1.54) is 6.26 Å². The fourth-order valence-corrected chi connectivity index (χ4v) is 3.09. The van der Waals surface area contributed by atoms with Crippen LogP contribution in [0.4, 0.5) is 0 Å². The van der Waals surface area contributed by atoms with Gasteiger partial charge in [0.2, 0.25) is 0 Å². The van der Waals surface area contributed by atoms with Gasteiger partial charge in [-0.3, -0.25) is 9.59 Å². The Morgan fingerprint density at radius 3 is 2.71 bits per heavy atom. The van der Waals surface area contributed by atoms with E-state index in [4.69, 9.17) is 4.42 Å². The second-order valence-electron chi connectivity index (χ2n) is 6.78. The molecule has 0 aliphatic heterocycles. The first-order valence-corrected chi connectivity index (χ1v) is 9.37. The van der Waals surface area contributed by atoms with E-state index >= 15 is 0 Å². The van der Waals surface area contributed by atoms with Crippen molar-refractivity contribution in [2.45, 2.75) is 19.8 Å². The van der Waals surface area contributed by atoms with E-state index in [1.807, 2.05) is 42.1 Å². The minimum atomic E-state index is -0.450. The van der Waals surface area contributed by atoms with Gasteiger partial charge in [0.15, 0.2) is 5.76 Å². The van der Waals surface area contributed by atoms with Gasteiger partial charge in [0, 0.05) is 43.3 Å². The highest BCUT2D eigenvalue weighted by Crippen LogP contribution is 2.22. The average molecular weight is 379 g/mol. The number of fused-ring (bicyclic) bond motifs is 1. The summed E-state index contributed by atoms with van der Waals surface area (Å²) >= 11 is 0. The Labute approximate surface area is 164 Å². The topological polar surface area (TPSA) is 67.5 Å². The number of likely N-dealkylation sites (N-methyl/N-ethyl adjacent to an activating group) is 1. The number of aromatic nitrogens is 1. The first-order chi connectivity index (χ1) is 13.5. The molecular weight excluding hydrogens is 354 g/mol. The molecule has 1 N–H and O–H groups in total. The third-order valence-electron chi connectivity index (χ3n) is 4.64. The number of benzene rings is 1. The maximum atomic E-state index is 13.0. The Balaban J connectivity index is 1.98. The van der Waals surface area contributed by atoms with Gasteiger partial charge < -0.3 is 19.2 Å². The molecule has 0 bridgehead atoms. The lowest BCUT2D eigenvalue weighted by Crippen LogP contribution is -2.36. The van der Waals surface area contributed by atoms with E-state index in [2.05, 4.69) is 12.2 Å². The molecule has 146 valence electrons. The van der Waals surface area contributed by atoms with Gasteiger partial charge in [-0.25, -0.2) is 0 Å². The first-order valence-electron chi connectivity index (χ1n) is 9.37. The third kappa shape index (κ3) is 4.17. The van der Waals surface area contributed by atoms with Gasteiger partial charge >= 0.3 is 0 Å². The summed E-state index contributed by atoms with van der Waals surface area (Å²) < 4.78 is 7.16. The molecule has 3 rings (SSSR count). The molecule has 0 fully saturated rings. The molecule has 6 heteroatoms. The fourth-order valence-electron chi connectivity index (χ4n) is 3.09. The fraction of sp³-hybridized carbons (Fsp3) is 0.273. The van der Waals surface area contributed by atoms with E-state index in [-0.39, 0.29) is 17.4 Å². The van der Waals surface area contributed by atoms with Crippen LogP contribution >= 0.6 is 0 Å². The molecule has 0 radical (unpaired) electrons. The van der Waals surface area contributed by atoms with Crippen LogP contribution in [-0.2, 0) is 11.8 Å². The number of nitrogens with zero attached hydrogens (tertiary/aromatic N) is 2. The summed E-state index contributed by atoms with van der Waals surface area (Å²) in [7, 11) is 3.70. The summed E-state index contributed by atoms with van der Waals surface area (Å²) in [5.74, 6) is -0.525. The predicted octanol–water partition coefficient (Wildman–Crippen LogP) is 3.80. The number of para-hydroxylation sites is 1. The smallest absolute Gasteiger partial charge is 0.291 e. The number of nitrogens with one attached hydrogen (secondary N) is 1. The van der Waals surface area contributed by atoms with E-state index in [0.29, 0.717) is 6.54 Å². The minimum Gasteiger partial charge on any atom is -0.459 e. The van der Waals surface area contributed by atoms with Gasteiger partial charge in [-0.1, -0.05) is 31.5 Å². The average Bonchev–Trinajstić information content (AvgIpc) is 3.34. The zero-order valence-electron chi connectivity index (χ0n) is 16.4. The van der Waals surface area contributed by atoms with E-state index in [9.17, 15) is 9.59 Å². The van der Waals surface area contributed by atoms with Crippen LogP contribution in [0, 0.1) is 0 Å². The Hall–Kier alpha value is -3.28. The molecule has 0 aliphatic rings. The highest BCUT2D eigenvalue weighted by atomic mass is 16.3. The van der Waals surface area contributed by atoms with Gasteiger partial charge in [-0.15, -0.1) is 0 Å². The molecule has 0 atom stereocenters. The van der Waals surface area contributed by atoms with E-state index in [0.717, 1.165) is 29.3 Å². The molecule has 0 aliphatic carbocycles. The molecule has 2 amide bonds. The lowest BCUT2D eigenvalue weighted by atomic mass is 10.1. The summed E-state index contributed by atoms with van der Waals surface area (Å²) in [5.41, 5.74) is 2.14. The summed E-state index contributed by atoms with van der Waals surface area (Å²) in [6, 6.07) is 11.1. The van der Waals surface area contributed by atoms with E-state index in [1.54, 1.807) is 30.2 Å². The van der Waals surface area contributed by atoms with Crippen LogP contribution in [0.25, 0.3) is 17.0 Å². The Morgan fingerprint density at radius 2 is 2.00 bits per heavy atom. The Bertz CT molecular complexity index is 999. The highest BCUT2D eigenvalue weighted by molar-refractivity contribution is 6.05. The maximum Gasteiger partial charge on any atom is 0.291 e. The van der Waals surface area contributed by atoms with Crippen molar-refractivity contribution in [1.29, 1.82) is 0 Å². The standard InChI is InChI=1S/C22H25N3O3/c1-4-5-12-24(2)22(27)18(23-21(26)20-11-8-13-28-20)14-16-15-25(3)19-10-7-6-9-17(16)19/h6-11,13-15H,4-5,12H2,1-3H3,(H,23,26). The van der Waals surface area contributed by atoms with Gasteiger partial charge in [-0.2, -0.15) is 0 Å². The monoisotopic (exact) mass is 379 g/mol. The molecule has 0 spiro atoms. The van der Waals surface area contributed by atoms with Crippen molar-refractivity contribution in [2.24, 2.45) is 7.05 Å². The summed E-state index contributed by atoms with van der Waals surface area (Å²) in [6.07, 6.45) is 6.99. The van der Waals surface area contributed by atoms with Gasteiger partial charge in [0.1, 0.15) is 5.70 Å². The zero-order chi connectivity index (χ0) is 20.1. The Morgan fingerprint density at radius 1 is 1.21 bits per heavy atom. The quantitative estimate of drug-likeness (QED) is 0.635. The molecule has 6 nitrogen and oxygen atoms in total. The Kier molecular flexibility index (Phi) is 5.99. The second kappa shape index (κ2) is 8.61. The molecule has 1 aromatic carbocycles. The molecule has 0 saturated heterocycles. The number of furan rings is 1.